The average molecular weight is 377 g/mol. The van der Waals surface area contributed by atoms with Crippen molar-refractivity contribution in [3.05, 3.63) is 59.7 Å². The van der Waals surface area contributed by atoms with E-state index < -0.39 is 0 Å². The first kappa shape index (κ1) is 18.7. The van der Waals surface area contributed by atoms with Crippen LogP contribution >= 0.6 is 0 Å². The molecule has 4 rings (SSSR count). The molecule has 0 radical (unpaired) electrons. The summed E-state index contributed by atoms with van der Waals surface area (Å²) in [6.07, 6.45) is 4.77. The molecule has 0 saturated carbocycles. The van der Waals surface area contributed by atoms with E-state index in [2.05, 4.69) is 34.5 Å². The second-order valence-corrected chi connectivity index (χ2v) is 7.74. The van der Waals surface area contributed by atoms with Crippen LogP contribution in [0.15, 0.2) is 48.5 Å². The van der Waals surface area contributed by atoms with E-state index in [9.17, 15) is 9.59 Å². The molecule has 2 amide bonds. The third-order valence-electron chi connectivity index (χ3n) is 5.81. The summed E-state index contributed by atoms with van der Waals surface area (Å²) in [6, 6.07) is 16.4. The molecular weight excluding hydrogens is 350 g/mol. The Balaban J connectivity index is 1.45. The fourth-order valence-electron chi connectivity index (χ4n) is 4.43. The Kier molecular flexibility index (Phi) is 5.44. The fourth-order valence-corrected chi connectivity index (χ4v) is 4.43. The Bertz CT molecular complexity index is 880. The molecule has 0 aromatic heterocycles. The summed E-state index contributed by atoms with van der Waals surface area (Å²) in [5.74, 6) is 0.0716. The van der Waals surface area contributed by atoms with Crippen molar-refractivity contribution in [3.8, 4) is 0 Å². The highest BCUT2D eigenvalue weighted by Crippen LogP contribution is 2.33. The van der Waals surface area contributed by atoms with Gasteiger partial charge >= 0.3 is 0 Å². The number of carbonyl (C=O) groups is 2. The lowest BCUT2D eigenvalue weighted by atomic mass is 9.87. The Labute approximate surface area is 166 Å². The molecular formula is C23H27N3O2. The molecule has 28 heavy (non-hydrogen) atoms. The summed E-state index contributed by atoms with van der Waals surface area (Å²) in [7, 11) is 2.02. The summed E-state index contributed by atoms with van der Waals surface area (Å²) in [4.78, 5) is 28.8. The van der Waals surface area contributed by atoms with E-state index in [1.54, 1.807) is 4.90 Å². The third kappa shape index (κ3) is 3.80. The zero-order valence-electron chi connectivity index (χ0n) is 16.4. The number of benzene rings is 2. The molecule has 1 saturated heterocycles. The zero-order chi connectivity index (χ0) is 19.5. The number of amides is 2. The van der Waals surface area contributed by atoms with Gasteiger partial charge in [0.15, 0.2) is 0 Å². The summed E-state index contributed by atoms with van der Waals surface area (Å²) in [5.41, 5.74) is 4.24. The van der Waals surface area contributed by atoms with Gasteiger partial charge in [-0.25, -0.2) is 0 Å². The number of aryl methyl sites for hydroxylation is 1. The minimum absolute atomic E-state index is 0.0512. The molecule has 2 aromatic carbocycles. The van der Waals surface area contributed by atoms with Crippen LogP contribution < -0.4 is 10.2 Å². The van der Waals surface area contributed by atoms with Crippen molar-refractivity contribution in [1.82, 2.24) is 4.90 Å². The quantitative estimate of drug-likeness (QED) is 0.863. The SMILES string of the molecule is CN(CC(=O)Nc1ccccc1N1CCCC1=O)C1CCCc2ccccc21. The van der Waals surface area contributed by atoms with Crippen LogP contribution in [0.4, 0.5) is 11.4 Å². The lowest BCUT2D eigenvalue weighted by molar-refractivity contribution is -0.118. The van der Waals surface area contributed by atoms with Crippen molar-refractivity contribution in [2.75, 3.05) is 30.4 Å². The number of hydrogen-bond donors (Lipinski definition) is 1. The molecule has 1 atom stereocenters. The van der Waals surface area contributed by atoms with E-state index in [-0.39, 0.29) is 17.9 Å². The van der Waals surface area contributed by atoms with Crippen molar-refractivity contribution in [2.45, 2.75) is 38.1 Å². The third-order valence-corrected chi connectivity index (χ3v) is 5.81. The zero-order valence-corrected chi connectivity index (χ0v) is 16.4. The van der Waals surface area contributed by atoms with Crippen LogP contribution in [0.1, 0.15) is 42.9 Å². The van der Waals surface area contributed by atoms with Crippen molar-refractivity contribution in [3.63, 3.8) is 0 Å². The summed E-state index contributed by atoms with van der Waals surface area (Å²) in [6.45, 7) is 1.03. The van der Waals surface area contributed by atoms with Gasteiger partial charge in [-0.15, -0.1) is 0 Å². The molecule has 2 aromatic rings. The first-order valence-electron chi connectivity index (χ1n) is 10.1. The number of rotatable bonds is 5. The number of fused-ring (bicyclic) bond motifs is 1. The second-order valence-electron chi connectivity index (χ2n) is 7.74. The lowest BCUT2D eigenvalue weighted by Crippen LogP contribution is -2.35. The average Bonchev–Trinajstić information content (AvgIpc) is 3.13. The van der Waals surface area contributed by atoms with Crippen LogP contribution in [0.3, 0.4) is 0 Å². The van der Waals surface area contributed by atoms with Crippen molar-refractivity contribution >= 4 is 23.2 Å². The molecule has 2 aliphatic rings. The van der Waals surface area contributed by atoms with Crippen molar-refractivity contribution in [2.24, 2.45) is 0 Å². The first-order valence-corrected chi connectivity index (χ1v) is 10.1. The maximum absolute atomic E-state index is 12.8. The molecule has 1 heterocycles. The molecule has 1 fully saturated rings. The van der Waals surface area contributed by atoms with Crippen molar-refractivity contribution in [1.29, 1.82) is 0 Å². The molecule has 146 valence electrons. The lowest BCUT2D eigenvalue weighted by Gasteiger charge is -2.33. The van der Waals surface area contributed by atoms with Crippen molar-refractivity contribution < 1.29 is 9.59 Å². The number of nitrogens with zero attached hydrogens (tertiary/aromatic N) is 2. The number of likely N-dealkylation sites (N-methyl/N-ethyl adjacent to an activating group) is 1. The normalized spacial score (nSPS) is 19.0. The van der Waals surface area contributed by atoms with Gasteiger partial charge in [0, 0.05) is 19.0 Å². The monoisotopic (exact) mass is 377 g/mol. The Morgan fingerprint density at radius 2 is 1.89 bits per heavy atom. The molecule has 0 bridgehead atoms. The number of nitrogens with one attached hydrogen (secondary N) is 1. The molecule has 1 unspecified atom stereocenters. The maximum atomic E-state index is 12.8. The van der Waals surface area contributed by atoms with Gasteiger partial charge in [-0.3, -0.25) is 14.5 Å². The summed E-state index contributed by atoms with van der Waals surface area (Å²) in [5, 5.41) is 3.03. The Hall–Kier alpha value is -2.66. The highest BCUT2D eigenvalue weighted by atomic mass is 16.2. The van der Waals surface area contributed by atoms with Gasteiger partial charge in [0.2, 0.25) is 11.8 Å². The standard InChI is InChI=1S/C23H27N3O2/c1-25(20-13-6-9-17-8-2-3-10-18(17)20)16-22(27)24-19-11-4-5-12-21(19)26-15-7-14-23(26)28/h2-5,8,10-12,20H,6-7,9,13-16H2,1H3,(H,24,27). The van der Waals surface area contributed by atoms with Crippen LogP contribution in [0.2, 0.25) is 0 Å². The minimum Gasteiger partial charge on any atom is -0.323 e. The molecule has 5 heteroatoms. The second kappa shape index (κ2) is 8.15. The van der Waals surface area contributed by atoms with E-state index in [0.29, 0.717) is 25.2 Å². The molecule has 1 N–H and O–H groups in total. The predicted molar refractivity (Wildman–Crippen MR) is 111 cm³/mol. The highest BCUT2D eigenvalue weighted by Gasteiger charge is 2.26. The van der Waals surface area contributed by atoms with Gasteiger partial charge in [0.05, 0.1) is 17.9 Å². The van der Waals surface area contributed by atoms with Gasteiger partial charge < -0.3 is 10.2 Å². The molecule has 5 nitrogen and oxygen atoms in total. The first-order chi connectivity index (χ1) is 13.6. The van der Waals surface area contributed by atoms with Gasteiger partial charge in [-0.1, -0.05) is 36.4 Å². The number of para-hydroxylation sites is 2. The molecule has 0 spiro atoms. The Morgan fingerprint density at radius 1 is 1.11 bits per heavy atom. The van der Waals surface area contributed by atoms with Gasteiger partial charge in [0.1, 0.15) is 0 Å². The van der Waals surface area contributed by atoms with Gasteiger partial charge in [0.25, 0.3) is 0 Å². The Morgan fingerprint density at radius 3 is 2.71 bits per heavy atom. The van der Waals surface area contributed by atoms with Crippen LogP contribution in [0, 0.1) is 0 Å². The summed E-state index contributed by atoms with van der Waals surface area (Å²) < 4.78 is 0. The number of hydrogen-bond acceptors (Lipinski definition) is 3. The van der Waals surface area contributed by atoms with Crippen LogP contribution in [-0.4, -0.2) is 36.9 Å². The number of anilines is 2. The van der Waals surface area contributed by atoms with E-state index in [4.69, 9.17) is 0 Å². The number of carbonyl (C=O) groups excluding carboxylic acids is 2. The summed E-state index contributed by atoms with van der Waals surface area (Å²) >= 11 is 0. The minimum atomic E-state index is -0.0512. The fraction of sp³-hybridized carbons (Fsp3) is 0.391. The van der Waals surface area contributed by atoms with E-state index in [1.807, 2.05) is 31.3 Å². The van der Waals surface area contributed by atoms with E-state index in [0.717, 1.165) is 31.4 Å². The van der Waals surface area contributed by atoms with Crippen LogP contribution in [0.25, 0.3) is 0 Å². The van der Waals surface area contributed by atoms with E-state index >= 15 is 0 Å². The predicted octanol–water partition coefficient (Wildman–Crippen LogP) is 3.76. The topological polar surface area (TPSA) is 52.7 Å². The van der Waals surface area contributed by atoms with Crippen LogP contribution in [0.5, 0.6) is 0 Å². The largest absolute Gasteiger partial charge is 0.323 e. The smallest absolute Gasteiger partial charge is 0.238 e. The van der Waals surface area contributed by atoms with Gasteiger partial charge in [-0.05, 0) is 56.0 Å². The highest BCUT2D eigenvalue weighted by molar-refractivity contribution is 6.02. The maximum Gasteiger partial charge on any atom is 0.238 e. The van der Waals surface area contributed by atoms with E-state index in [1.165, 1.54) is 11.1 Å². The molecule has 1 aliphatic carbocycles. The van der Waals surface area contributed by atoms with Gasteiger partial charge in [-0.2, -0.15) is 0 Å². The molecule has 1 aliphatic heterocycles. The van der Waals surface area contributed by atoms with Crippen LogP contribution in [-0.2, 0) is 16.0 Å².